The van der Waals surface area contributed by atoms with Crippen LogP contribution in [0.5, 0.6) is 0 Å². The summed E-state index contributed by atoms with van der Waals surface area (Å²) in [5.74, 6) is 0.174. The van der Waals surface area contributed by atoms with Gasteiger partial charge in [0.2, 0.25) is 11.8 Å². The van der Waals surface area contributed by atoms with Gasteiger partial charge in [-0.25, -0.2) is 4.98 Å². The molecule has 0 bridgehead atoms. The van der Waals surface area contributed by atoms with Crippen molar-refractivity contribution in [1.82, 2.24) is 14.7 Å². The summed E-state index contributed by atoms with van der Waals surface area (Å²) in [4.78, 5) is 29.8. The molecule has 3 aromatic rings. The third-order valence-corrected chi connectivity index (χ3v) is 5.56. The van der Waals surface area contributed by atoms with Crippen molar-refractivity contribution in [3.8, 4) is 0 Å². The zero-order chi connectivity index (χ0) is 20.1. The number of halogens is 1. The van der Waals surface area contributed by atoms with Gasteiger partial charge in [0, 0.05) is 17.1 Å². The number of rotatable bonds is 8. The number of benzene rings is 1. The lowest BCUT2D eigenvalue weighted by molar-refractivity contribution is -0.113. The summed E-state index contributed by atoms with van der Waals surface area (Å²) in [5.41, 5.74) is 1.22. The minimum Gasteiger partial charge on any atom is -0.338 e. The van der Waals surface area contributed by atoms with Gasteiger partial charge in [0.25, 0.3) is 5.56 Å². The van der Waals surface area contributed by atoms with E-state index in [0.29, 0.717) is 34.2 Å². The van der Waals surface area contributed by atoms with Crippen LogP contribution in [0.2, 0.25) is 0 Å². The number of carbonyl (C=O) groups is 1. The maximum atomic E-state index is 13.0. The molecule has 2 heterocycles. The molecule has 0 unspecified atom stereocenters. The molecule has 1 N–H and O–H groups in total. The van der Waals surface area contributed by atoms with Gasteiger partial charge in [0.15, 0.2) is 5.16 Å². The number of fused-ring (bicyclic) bond motifs is 1. The predicted molar refractivity (Wildman–Crippen MR) is 114 cm³/mol. The van der Waals surface area contributed by atoms with Crippen LogP contribution in [-0.4, -0.2) is 26.4 Å². The molecule has 0 saturated carbocycles. The van der Waals surface area contributed by atoms with Crippen LogP contribution in [0, 0.1) is 6.92 Å². The Kier molecular flexibility index (Phi) is 6.90. The van der Waals surface area contributed by atoms with Gasteiger partial charge in [-0.3, -0.25) is 19.5 Å². The van der Waals surface area contributed by atoms with E-state index in [0.717, 1.165) is 23.7 Å². The number of thioether (sulfide) groups is 1. The molecule has 3 rings (SSSR count). The number of nitrogens with one attached hydrogen (secondary N) is 1. The van der Waals surface area contributed by atoms with Crippen molar-refractivity contribution in [2.75, 3.05) is 11.1 Å². The lowest BCUT2D eigenvalue weighted by atomic mass is 10.2. The third-order valence-electron chi connectivity index (χ3n) is 4.09. The van der Waals surface area contributed by atoms with Gasteiger partial charge < -0.3 is 4.52 Å². The van der Waals surface area contributed by atoms with Crippen LogP contribution in [0.1, 0.15) is 31.9 Å². The van der Waals surface area contributed by atoms with Crippen LogP contribution < -0.4 is 10.9 Å². The second-order valence-electron chi connectivity index (χ2n) is 6.39. The Morgan fingerprint density at radius 3 is 2.86 bits per heavy atom. The maximum Gasteiger partial charge on any atom is 0.262 e. The van der Waals surface area contributed by atoms with E-state index in [-0.39, 0.29) is 17.2 Å². The molecule has 1 aromatic carbocycles. The molecule has 2 aromatic heterocycles. The minimum atomic E-state index is -0.244. The monoisotopic (exact) mass is 464 g/mol. The summed E-state index contributed by atoms with van der Waals surface area (Å²) >= 11 is 4.65. The topological polar surface area (TPSA) is 90.0 Å². The first-order valence-electron chi connectivity index (χ1n) is 9.04. The third kappa shape index (κ3) is 5.02. The van der Waals surface area contributed by atoms with Gasteiger partial charge in [0.05, 0.1) is 22.3 Å². The molecule has 0 aliphatic carbocycles. The highest BCUT2D eigenvalue weighted by molar-refractivity contribution is 9.10. The highest BCUT2D eigenvalue weighted by Crippen LogP contribution is 2.21. The van der Waals surface area contributed by atoms with E-state index in [1.807, 2.05) is 6.07 Å². The average molecular weight is 465 g/mol. The first kappa shape index (κ1) is 20.6. The zero-order valence-electron chi connectivity index (χ0n) is 15.7. The van der Waals surface area contributed by atoms with Crippen LogP contribution in [-0.2, 0) is 11.3 Å². The quantitative estimate of drug-likeness (QED) is 0.302. The Bertz CT molecular complexity index is 1050. The Morgan fingerprint density at radius 1 is 1.32 bits per heavy atom. The molecule has 7 nitrogen and oxygen atoms in total. The molecular weight excluding hydrogens is 444 g/mol. The number of hydrogen-bond acceptors (Lipinski definition) is 6. The van der Waals surface area contributed by atoms with E-state index in [2.05, 4.69) is 38.3 Å². The van der Waals surface area contributed by atoms with E-state index >= 15 is 0 Å². The zero-order valence-corrected chi connectivity index (χ0v) is 18.1. The minimum absolute atomic E-state index is 0.0869. The highest BCUT2D eigenvalue weighted by Gasteiger charge is 2.14. The molecular formula is C19H21BrN4O3S. The van der Waals surface area contributed by atoms with E-state index in [1.165, 1.54) is 11.8 Å². The fourth-order valence-electron chi connectivity index (χ4n) is 2.73. The molecule has 148 valence electrons. The normalized spacial score (nSPS) is 11.1. The van der Waals surface area contributed by atoms with E-state index in [9.17, 15) is 9.59 Å². The lowest BCUT2D eigenvalue weighted by Crippen LogP contribution is -2.24. The lowest BCUT2D eigenvalue weighted by Gasteiger charge is -2.13. The van der Waals surface area contributed by atoms with Gasteiger partial charge in [-0.1, -0.05) is 52.6 Å². The summed E-state index contributed by atoms with van der Waals surface area (Å²) in [7, 11) is 0. The summed E-state index contributed by atoms with van der Waals surface area (Å²) in [6.07, 6.45) is 2.97. The van der Waals surface area contributed by atoms with Crippen molar-refractivity contribution in [3.63, 3.8) is 0 Å². The summed E-state index contributed by atoms with van der Waals surface area (Å²) in [5, 5.41) is 7.50. The van der Waals surface area contributed by atoms with Crippen molar-refractivity contribution in [3.05, 3.63) is 44.8 Å². The number of aromatic nitrogens is 3. The SMILES string of the molecule is CCCCCn1c(SCC(=O)Nc2cc(C)no2)nc2ccc(Br)cc2c1=O. The second-order valence-corrected chi connectivity index (χ2v) is 8.25. The number of hydrogen-bond donors (Lipinski definition) is 1. The number of unbranched alkanes of at least 4 members (excludes halogenated alkanes) is 2. The van der Waals surface area contributed by atoms with Crippen molar-refractivity contribution in [1.29, 1.82) is 0 Å². The first-order chi connectivity index (χ1) is 13.5. The summed E-state index contributed by atoms with van der Waals surface area (Å²) in [6.45, 7) is 4.47. The molecule has 1 amide bonds. The molecule has 0 saturated heterocycles. The largest absolute Gasteiger partial charge is 0.338 e. The molecule has 0 aliphatic rings. The van der Waals surface area contributed by atoms with Crippen LogP contribution in [0.25, 0.3) is 10.9 Å². The van der Waals surface area contributed by atoms with Crippen molar-refractivity contribution >= 4 is 50.4 Å². The Hall–Kier alpha value is -2.13. The predicted octanol–water partition coefficient (Wildman–Crippen LogP) is 4.38. The number of carbonyl (C=O) groups excluding carboxylic acids is 1. The summed E-state index contributed by atoms with van der Waals surface area (Å²) < 4.78 is 7.50. The molecule has 0 atom stereocenters. The first-order valence-corrected chi connectivity index (χ1v) is 10.8. The van der Waals surface area contributed by atoms with Crippen molar-refractivity contribution < 1.29 is 9.32 Å². The van der Waals surface area contributed by atoms with Gasteiger partial charge in [0.1, 0.15) is 0 Å². The Morgan fingerprint density at radius 2 is 2.14 bits per heavy atom. The standard InChI is InChI=1S/C19H21BrN4O3S/c1-3-4-5-8-24-18(26)14-10-13(20)6-7-15(14)21-19(24)28-11-16(25)22-17-9-12(2)23-27-17/h6-7,9-10H,3-5,8,11H2,1-2H3,(H,22,25). The van der Waals surface area contributed by atoms with Crippen LogP contribution in [0.4, 0.5) is 5.88 Å². The molecule has 0 aliphatic heterocycles. The number of nitrogens with zero attached hydrogens (tertiary/aromatic N) is 3. The molecule has 0 radical (unpaired) electrons. The second kappa shape index (κ2) is 9.38. The van der Waals surface area contributed by atoms with Crippen LogP contribution in [0.3, 0.4) is 0 Å². The molecule has 0 fully saturated rings. The maximum absolute atomic E-state index is 13.0. The van der Waals surface area contributed by atoms with Crippen LogP contribution >= 0.6 is 27.7 Å². The van der Waals surface area contributed by atoms with E-state index in [1.54, 1.807) is 29.7 Å². The number of aryl methyl sites for hydroxylation is 1. The van der Waals surface area contributed by atoms with Crippen molar-refractivity contribution in [2.45, 2.75) is 44.8 Å². The van der Waals surface area contributed by atoms with Crippen LogP contribution in [0.15, 0.2) is 43.2 Å². The van der Waals surface area contributed by atoms with Gasteiger partial charge in [-0.05, 0) is 31.5 Å². The Balaban J connectivity index is 1.83. The Labute approximate surface area is 175 Å². The fourth-order valence-corrected chi connectivity index (χ4v) is 3.91. The average Bonchev–Trinajstić information content (AvgIpc) is 3.07. The molecule has 9 heteroatoms. The fraction of sp³-hybridized carbons (Fsp3) is 0.368. The number of anilines is 1. The van der Waals surface area contributed by atoms with Gasteiger partial charge >= 0.3 is 0 Å². The number of amides is 1. The van der Waals surface area contributed by atoms with Gasteiger partial charge in [-0.15, -0.1) is 0 Å². The smallest absolute Gasteiger partial charge is 0.262 e. The highest BCUT2D eigenvalue weighted by atomic mass is 79.9. The van der Waals surface area contributed by atoms with Crippen molar-refractivity contribution in [2.24, 2.45) is 0 Å². The van der Waals surface area contributed by atoms with Gasteiger partial charge in [-0.2, -0.15) is 0 Å². The van der Waals surface area contributed by atoms with E-state index < -0.39 is 0 Å². The molecule has 0 spiro atoms. The van der Waals surface area contributed by atoms with E-state index in [4.69, 9.17) is 4.52 Å². The molecule has 28 heavy (non-hydrogen) atoms. The summed E-state index contributed by atoms with van der Waals surface area (Å²) in [6, 6.07) is 7.09.